The average Bonchev–Trinajstić information content (AvgIpc) is 2.67. The number of nitrogens with zero attached hydrogens (tertiary/aromatic N) is 1. The predicted octanol–water partition coefficient (Wildman–Crippen LogP) is 3.99. The molecule has 0 aromatic heterocycles. The third kappa shape index (κ3) is 3.01. The van der Waals surface area contributed by atoms with Crippen molar-refractivity contribution < 1.29 is 9.53 Å². The number of ether oxygens (including phenoxy) is 1. The fourth-order valence-corrected chi connectivity index (χ4v) is 2.89. The van der Waals surface area contributed by atoms with Gasteiger partial charge in [-0.25, -0.2) is 0 Å². The van der Waals surface area contributed by atoms with Gasteiger partial charge in [0.2, 0.25) is 0 Å². The van der Waals surface area contributed by atoms with Gasteiger partial charge in [0, 0.05) is 21.2 Å². The van der Waals surface area contributed by atoms with Crippen molar-refractivity contribution in [2.24, 2.45) is 0 Å². The van der Waals surface area contributed by atoms with E-state index in [0.29, 0.717) is 11.6 Å². The largest absolute Gasteiger partial charge is 0.483 e. The summed E-state index contributed by atoms with van der Waals surface area (Å²) in [5.74, 6) is 0.662. The van der Waals surface area contributed by atoms with E-state index in [4.69, 9.17) is 16.3 Å². The first-order valence-corrected chi connectivity index (χ1v) is 8.13. The van der Waals surface area contributed by atoms with E-state index in [1.165, 1.54) is 4.90 Å². The van der Waals surface area contributed by atoms with Crippen LogP contribution in [0.5, 0.6) is 5.75 Å². The van der Waals surface area contributed by atoms with Crippen molar-refractivity contribution in [3.05, 3.63) is 53.1 Å². The maximum atomic E-state index is 12.3. The van der Waals surface area contributed by atoms with Crippen LogP contribution in [0.25, 0.3) is 0 Å². The maximum absolute atomic E-state index is 12.3. The second-order valence-electron chi connectivity index (χ2n) is 4.72. The minimum atomic E-state index is -0.0563. The molecular formula is C16H14ClNO2S. The number of carbonyl (C=O) groups is 1. The molecule has 21 heavy (non-hydrogen) atoms. The average molecular weight is 320 g/mol. The van der Waals surface area contributed by atoms with Crippen LogP contribution in [0.1, 0.15) is 5.56 Å². The molecule has 0 bridgehead atoms. The van der Waals surface area contributed by atoms with Gasteiger partial charge in [-0.1, -0.05) is 11.6 Å². The van der Waals surface area contributed by atoms with Gasteiger partial charge in [0.1, 0.15) is 5.75 Å². The van der Waals surface area contributed by atoms with E-state index in [2.05, 4.69) is 0 Å². The normalized spacial score (nSPS) is 14.4. The van der Waals surface area contributed by atoms with E-state index in [1.807, 2.05) is 42.7 Å². The van der Waals surface area contributed by atoms with Gasteiger partial charge >= 0.3 is 0 Å². The summed E-state index contributed by atoms with van der Waals surface area (Å²) in [4.78, 5) is 15.2. The molecule has 3 rings (SSSR count). The van der Waals surface area contributed by atoms with Gasteiger partial charge in [0.25, 0.3) is 5.91 Å². The molecule has 0 radical (unpaired) electrons. The van der Waals surface area contributed by atoms with Crippen LogP contribution < -0.4 is 9.64 Å². The lowest BCUT2D eigenvalue weighted by molar-refractivity contribution is -0.120. The summed E-state index contributed by atoms with van der Waals surface area (Å²) in [5, 5.41) is 0.643. The molecule has 2 aromatic carbocycles. The Morgan fingerprint density at radius 3 is 2.67 bits per heavy atom. The lowest BCUT2D eigenvalue weighted by atomic mass is 10.2. The summed E-state index contributed by atoms with van der Waals surface area (Å²) in [7, 11) is 0. The van der Waals surface area contributed by atoms with Gasteiger partial charge in [0.05, 0.1) is 6.54 Å². The summed E-state index contributed by atoms with van der Waals surface area (Å²) in [5.41, 5.74) is 1.79. The quantitative estimate of drug-likeness (QED) is 0.784. The number of rotatable bonds is 2. The van der Waals surface area contributed by atoms with Crippen molar-refractivity contribution in [1.29, 1.82) is 0 Å². The Morgan fingerprint density at radius 1 is 1.19 bits per heavy atom. The van der Waals surface area contributed by atoms with Crippen molar-refractivity contribution in [1.82, 2.24) is 0 Å². The first kappa shape index (κ1) is 14.3. The highest BCUT2D eigenvalue weighted by molar-refractivity contribution is 7.98. The first-order valence-electron chi connectivity index (χ1n) is 6.53. The molecular weight excluding hydrogens is 306 g/mol. The Kier molecular flexibility index (Phi) is 4.08. The standard InChI is InChI=1S/C16H14ClNO2S/c1-21-14-5-3-13(4-6-14)18-9-11-8-12(17)2-7-15(11)20-10-16(18)19/h2-8H,9-10H2,1H3. The van der Waals surface area contributed by atoms with Gasteiger partial charge in [-0.05, 0) is 48.7 Å². The zero-order chi connectivity index (χ0) is 14.8. The zero-order valence-corrected chi connectivity index (χ0v) is 13.1. The number of hydrogen-bond donors (Lipinski definition) is 0. The number of thioether (sulfide) groups is 1. The van der Waals surface area contributed by atoms with Crippen molar-refractivity contribution in [2.75, 3.05) is 17.8 Å². The van der Waals surface area contributed by atoms with Crippen LogP contribution >= 0.6 is 23.4 Å². The lowest BCUT2D eigenvalue weighted by Gasteiger charge is -2.20. The Morgan fingerprint density at radius 2 is 1.95 bits per heavy atom. The van der Waals surface area contributed by atoms with Crippen molar-refractivity contribution in [3.63, 3.8) is 0 Å². The highest BCUT2D eigenvalue weighted by Gasteiger charge is 2.23. The van der Waals surface area contributed by atoms with Crippen LogP contribution in [0, 0.1) is 0 Å². The van der Waals surface area contributed by atoms with Crippen molar-refractivity contribution in [2.45, 2.75) is 11.4 Å². The molecule has 0 aliphatic carbocycles. The number of benzene rings is 2. The van der Waals surface area contributed by atoms with Crippen molar-refractivity contribution in [3.8, 4) is 5.75 Å². The number of halogens is 1. The molecule has 108 valence electrons. The van der Waals surface area contributed by atoms with E-state index in [-0.39, 0.29) is 12.5 Å². The van der Waals surface area contributed by atoms with Gasteiger partial charge in [-0.15, -0.1) is 11.8 Å². The van der Waals surface area contributed by atoms with Gasteiger partial charge in [-0.3, -0.25) is 4.79 Å². The fourth-order valence-electron chi connectivity index (χ4n) is 2.29. The van der Waals surface area contributed by atoms with E-state index in [1.54, 1.807) is 22.7 Å². The van der Waals surface area contributed by atoms with E-state index < -0.39 is 0 Å². The Labute approximate surface area is 132 Å². The minimum absolute atomic E-state index is 0.0406. The highest BCUT2D eigenvalue weighted by Crippen LogP contribution is 2.29. The van der Waals surface area contributed by atoms with E-state index in [9.17, 15) is 4.79 Å². The monoisotopic (exact) mass is 319 g/mol. The molecule has 0 fully saturated rings. The number of carbonyl (C=O) groups excluding carboxylic acids is 1. The van der Waals surface area contributed by atoms with Crippen LogP contribution in [0.2, 0.25) is 5.02 Å². The van der Waals surface area contributed by atoms with Crippen molar-refractivity contribution >= 4 is 35.0 Å². The minimum Gasteiger partial charge on any atom is -0.483 e. The molecule has 0 saturated heterocycles. The van der Waals surface area contributed by atoms with Crippen LogP contribution in [0.3, 0.4) is 0 Å². The molecule has 2 aromatic rings. The number of amides is 1. The second-order valence-corrected chi connectivity index (χ2v) is 6.03. The molecule has 1 heterocycles. The summed E-state index contributed by atoms with van der Waals surface area (Å²) in [6.07, 6.45) is 2.03. The van der Waals surface area contributed by atoms with Crippen LogP contribution in [0.15, 0.2) is 47.4 Å². The molecule has 0 saturated carbocycles. The zero-order valence-electron chi connectivity index (χ0n) is 11.5. The van der Waals surface area contributed by atoms with Gasteiger partial charge in [0.15, 0.2) is 6.61 Å². The Bertz CT molecular complexity index is 672. The van der Waals surface area contributed by atoms with Crippen LogP contribution in [0.4, 0.5) is 5.69 Å². The molecule has 3 nitrogen and oxygen atoms in total. The van der Waals surface area contributed by atoms with E-state index in [0.717, 1.165) is 17.0 Å². The first-order chi connectivity index (χ1) is 10.2. The molecule has 0 N–H and O–H groups in total. The summed E-state index contributed by atoms with van der Waals surface area (Å²) in [6.45, 7) is 0.506. The summed E-state index contributed by atoms with van der Waals surface area (Å²) in [6, 6.07) is 13.4. The molecule has 1 amide bonds. The number of fused-ring (bicyclic) bond motifs is 1. The topological polar surface area (TPSA) is 29.5 Å². The highest BCUT2D eigenvalue weighted by atomic mass is 35.5. The molecule has 0 atom stereocenters. The number of anilines is 1. The SMILES string of the molecule is CSc1ccc(N2Cc3cc(Cl)ccc3OCC2=O)cc1. The van der Waals surface area contributed by atoms with Gasteiger partial charge in [-0.2, -0.15) is 0 Å². The summed E-state index contributed by atoms with van der Waals surface area (Å²) < 4.78 is 5.56. The predicted molar refractivity (Wildman–Crippen MR) is 86.4 cm³/mol. The lowest BCUT2D eigenvalue weighted by Crippen LogP contribution is -2.32. The third-order valence-corrected chi connectivity index (χ3v) is 4.37. The fraction of sp³-hybridized carbons (Fsp3) is 0.188. The number of hydrogen-bond acceptors (Lipinski definition) is 3. The summed E-state index contributed by atoms with van der Waals surface area (Å²) >= 11 is 7.71. The molecule has 1 aliphatic rings. The Balaban J connectivity index is 1.95. The van der Waals surface area contributed by atoms with Gasteiger partial charge < -0.3 is 9.64 Å². The molecule has 5 heteroatoms. The van der Waals surface area contributed by atoms with Crippen LogP contribution in [-0.4, -0.2) is 18.8 Å². The Hall–Kier alpha value is -1.65. The maximum Gasteiger partial charge on any atom is 0.265 e. The van der Waals surface area contributed by atoms with E-state index >= 15 is 0 Å². The molecule has 0 spiro atoms. The third-order valence-electron chi connectivity index (χ3n) is 3.39. The smallest absolute Gasteiger partial charge is 0.265 e. The van der Waals surface area contributed by atoms with Crippen LogP contribution in [-0.2, 0) is 11.3 Å². The second kappa shape index (κ2) is 6.00. The molecule has 0 unspecified atom stereocenters. The molecule has 1 aliphatic heterocycles.